The molecule has 1 fully saturated rings. The van der Waals surface area contributed by atoms with E-state index in [-0.39, 0.29) is 11.8 Å². The summed E-state index contributed by atoms with van der Waals surface area (Å²) in [5.41, 5.74) is 0. The van der Waals surface area contributed by atoms with Gasteiger partial charge in [0, 0.05) is 45.7 Å². The molecule has 0 atom stereocenters. The Hall–Kier alpha value is -1.14. The average molecular weight is 284 g/mol. The number of hydrogen-bond acceptors (Lipinski definition) is 4. The monoisotopic (exact) mass is 284 g/mol. The molecule has 0 saturated carbocycles. The van der Waals surface area contributed by atoms with Crippen molar-refractivity contribution in [2.75, 3.05) is 52.9 Å². The first kappa shape index (κ1) is 16.9. The van der Waals surface area contributed by atoms with Gasteiger partial charge in [-0.15, -0.1) is 0 Å². The van der Waals surface area contributed by atoms with Gasteiger partial charge in [0.1, 0.15) is 0 Å². The molecule has 2 N–H and O–H groups in total. The van der Waals surface area contributed by atoms with E-state index in [2.05, 4.69) is 24.5 Å². The summed E-state index contributed by atoms with van der Waals surface area (Å²) >= 11 is 0. The number of nitrogens with one attached hydrogen (secondary N) is 2. The van der Waals surface area contributed by atoms with Gasteiger partial charge in [-0.1, -0.05) is 13.8 Å². The predicted molar refractivity (Wildman–Crippen MR) is 79.4 cm³/mol. The van der Waals surface area contributed by atoms with Crippen LogP contribution in [0.4, 0.5) is 0 Å². The zero-order valence-electron chi connectivity index (χ0n) is 12.9. The van der Waals surface area contributed by atoms with Crippen molar-refractivity contribution in [3.8, 4) is 0 Å². The van der Waals surface area contributed by atoms with Gasteiger partial charge in [-0.2, -0.15) is 0 Å². The maximum atomic E-state index is 12.0. The number of hydrogen-bond donors (Lipinski definition) is 2. The topological polar surface area (TPSA) is 64.7 Å². The lowest BCUT2D eigenvalue weighted by atomic mass is 10.2. The standard InChI is InChI=1S/C14H28N4O2/c1-12(2)10-16-13(19)11-17(3)7-4-14(20)18-8-5-15-6-9-18/h12,15H,4-11H2,1-3H3,(H,16,19). The Morgan fingerprint density at radius 2 is 1.95 bits per heavy atom. The summed E-state index contributed by atoms with van der Waals surface area (Å²) in [6.45, 7) is 9.13. The number of rotatable bonds is 7. The Kier molecular flexibility index (Phi) is 7.54. The van der Waals surface area contributed by atoms with Gasteiger partial charge in [-0.05, 0) is 13.0 Å². The van der Waals surface area contributed by atoms with Crippen LogP contribution in [0, 0.1) is 5.92 Å². The molecule has 1 aliphatic heterocycles. The van der Waals surface area contributed by atoms with Crippen molar-refractivity contribution in [3.63, 3.8) is 0 Å². The Bertz CT molecular complexity index is 314. The summed E-state index contributed by atoms with van der Waals surface area (Å²) < 4.78 is 0. The molecule has 0 spiro atoms. The van der Waals surface area contributed by atoms with Crippen LogP contribution >= 0.6 is 0 Å². The molecule has 6 nitrogen and oxygen atoms in total. The van der Waals surface area contributed by atoms with E-state index >= 15 is 0 Å². The smallest absolute Gasteiger partial charge is 0.234 e. The summed E-state index contributed by atoms with van der Waals surface area (Å²) in [5.74, 6) is 0.662. The molecule has 1 saturated heterocycles. The molecule has 1 rings (SSSR count). The Morgan fingerprint density at radius 3 is 2.55 bits per heavy atom. The fraction of sp³-hybridized carbons (Fsp3) is 0.857. The first-order valence-electron chi connectivity index (χ1n) is 7.42. The number of amides is 2. The van der Waals surface area contributed by atoms with E-state index in [0.29, 0.717) is 32.0 Å². The number of likely N-dealkylation sites (N-methyl/N-ethyl adjacent to an activating group) is 1. The van der Waals surface area contributed by atoms with Gasteiger partial charge in [0.2, 0.25) is 11.8 Å². The van der Waals surface area contributed by atoms with Crippen molar-refractivity contribution in [2.24, 2.45) is 5.92 Å². The van der Waals surface area contributed by atoms with Gasteiger partial charge in [-0.25, -0.2) is 0 Å². The van der Waals surface area contributed by atoms with E-state index in [4.69, 9.17) is 0 Å². The summed E-state index contributed by atoms with van der Waals surface area (Å²) in [7, 11) is 1.87. The van der Waals surface area contributed by atoms with Crippen molar-refractivity contribution in [1.29, 1.82) is 0 Å². The molecular weight excluding hydrogens is 256 g/mol. The highest BCUT2D eigenvalue weighted by Gasteiger charge is 2.16. The summed E-state index contributed by atoms with van der Waals surface area (Å²) in [5, 5.41) is 6.11. The number of carbonyl (C=O) groups excluding carboxylic acids is 2. The highest BCUT2D eigenvalue weighted by Crippen LogP contribution is 1.98. The number of carbonyl (C=O) groups is 2. The Labute approximate surface area is 121 Å². The third-order valence-electron chi connectivity index (χ3n) is 3.30. The minimum Gasteiger partial charge on any atom is -0.355 e. The van der Waals surface area contributed by atoms with Gasteiger partial charge in [0.05, 0.1) is 6.54 Å². The second kappa shape index (κ2) is 8.92. The zero-order valence-corrected chi connectivity index (χ0v) is 12.9. The molecule has 1 aliphatic rings. The number of piperazine rings is 1. The molecule has 20 heavy (non-hydrogen) atoms. The van der Waals surface area contributed by atoms with Gasteiger partial charge in [0.15, 0.2) is 0 Å². The maximum absolute atomic E-state index is 12.0. The van der Waals surface area contributed by atoms with Crippen LogP contribution in [0.1, 0.15) is 20.3 Å². The van der Waals surface area contributed by atoms with Gasteiger partial charge in [0.25, 0.3) is 0 Å². The lowest BCUT2D eigenvalue weighted by Crippen LogP contribution is -2.47. The van der Waals surface area contributed by atoms with Crippen molar-refractivity contribution in [1.82, 2.24) is 20.4 Å². The lowest BCUT2D eigenvalue weighted by Gasteiger charge is -2.28. The second-order valence-electron chi connectivity index (χ2n) is 5.82. The summed E-state index contributed by atoms with van der Waals surface area (Å²) in [4.78, 5) is 27.4. The lowest BCUT2D eigenvalue weighted by molar-refractivity contribution is -0.132. The van der Waals surface area contributed by atoms with Crippen LogP contribution in [-0.2, 0) is 9.59 Å². The van der Waals surface area contributed by atoms with E-state index in [1.54, 1.807) is 0 Å². The third-order valence-corrected chi connectivity index (χ3v) is 3.30. The maximum Gasteiger partial charge on any atom is 0.234 e. The molecule has 0 radical (unpaired) electrons. The third kappa shape index (κ3) is 6.86. The Morgan fingerprint density at radius 1 is 1.30 bits per heavy atom. The highest BCUT2D eigenvalue weighted by atomic mass is 16.2. The Balaban J connectivity index is 2.16. The quantitative estimate of drug-likeness (QED) is 0.662. The van der Waals surface area contributed by atoms with Crippen molar-refractivity contribution in [3.05, 3.63) is 0 Å². The average Bonchev–Trinajstić information content (AvgIpc) is 2.43. The van der Waals surface area contributed by atoms with Crippen LogP contribution in [0.3, 0.4) is 0 Å². The molecule has 6 heteroatoms. The largest absolute Gasteiger partial charge is 0.355 e. The van der Waals surface area contributed by atoms with Crippen LogP contribution < -0.4 is 10.6 Å². The van der Waals surface area contributed by atoms with Gasteiger partial charge < -0.3 is 15.5 Å². The first-order valence-corrected chi connectivity index (χ1v) is 7.42. The minimum absolute atomic E-state index is 0.0239. The number of nitrogens with zero attached hydrogens (tertiary/aromatic N) is 2. The van der Waals surface area contributed by atoms with Gasteiger partial charge in [-0.3, -0.25) is 14.5 Å². The first-order chi connectivity index (χ1) is 9.49. The molecule has 0 aromatic rings. The van der Waals surface area contributed by atoms with E-state index in [0.717, 1.165) is 26.2 Å². The molecular formula is C14H28N4O2. The molecule has 0 aliphatic carbocycles. The van der Waals surface area contributed by atoms with E-state index in [1.807, 2.05) is 16.8 Å². The zero-order chi connectivity index (χ0) is 15.0. The molecule has 0 unspecified atom stereocenters. The van der Waals surface area contributed by atoms with E-state index in [1.165, 1.54) is 0 Å². The van der Waals surface area contributed by atoms with Crippen molar-refractivity contribution >= 4 is 11.8 Å². The van der Waals surface area contributed by atoms with Crippen LogP contribution in [0.15, 0.2) is 0 Å². The fourth-order valence-corrected chi connectivity index (χ4v) is 2.06. The van der Waals surface area contributed by atoms with Crippen LogP contribution in [0.5, 0.6) is 0 Å². The molecule has 116 valence electrons. The molecule has 0 bridgehead atoms. The molecule has 2 amide bonds. The predicted octanol–water partition coefficient (Wildman–Crippen LogP) is -0.488. The van der Waals surface area contributed by atoms with E-state index < -0.39 is 0 Å². The minimum atomic E-state index is 0.0239. The van der Waals surface area contributed by atoms with E-state index in [9.17, 15) is 9.59 Å². The SMILES string of the molecule is CC(C)CNC(=O)CN(C)CCC(=O)N1CCNCC1. The van der Waals surface area contributed by atoms with Crippen molar-refractivity contribution in [2.45, 2.75) is 20.3 Å². The van der Waals surface area contributed by atoms with Crippen LogP contribution in [0.25, 0.3) is 0 Å². The summed E-state index contributed by atoms with van der Waals surface area (Å²) in [6, 6.07) is 0. The normalized spacial score (nSPS) is 15.8. The van der Waals surface area contributed by atoms with Gasteiger partial charge >= 0.3 is 0 Å². The summed E-state index contributed by atoms with van der Waals surface area (Å²) in [6.07, 6.45) is 0.480. The molecule has 0 aromatic heterocycles. The molecule has 0 aromatic carbocycles. The highest BCUT2D eigenvalue weighted by molar-refractivity contribution is 5.78. The second-order valence-corrected chi connectivity index (χ2v) is 5.82. The fourth-order valence-electron chi connectivity index (χ4n) is 2.06. The van der Waals surface area contributed by atoms with Crippen LogP contribution in [0.2, 0.25) is 0 Å². The van der Waals surface area contributed by atoms with Crippen molar-refractivity contribution < 1.29 is 9.59 Å². The molecule has 1 heterocycles. The van der Waals surface area contributed by atoms with Crippen LogP contribution in [-0.4, -0.2) is 74.5 Å².